The number of aryl methyl sites for hydroxylation is 2. The van der Waals surface area contributed by atoms with Crippen LogP contribution in [0.2, 0.25) is 4.34 Å². The molecule has 0 amide bonds. The Morgan fingerprint density at radius 3 is 2.57 bits per heavy atom. The molecule has 2 aromatic rings. The van der Waals surface area contributed by atoms with E-state index in [1.165, 1.54) is 21.6 Å². The van der Waals surface area contributed by atoms with Crippen molar-refractivity contribution in [3.05, 3.63) is 54.6 Å². The fourth-order valence-corrected chi connectivity index (χ4v) is 4.10. The van der Waals surface area contributed by atoms with E-state index in [-0.39, 0.29) is 0 Å². The third kappa shape index (κ3) is 4.56. The summed E-state index contributed by atoms with van der Waals surface area (Å²) in [6.45, 7) is 7.54. The number of rotatable bonds is 6. The maximum absolute atomic E-state index is 6.20. The molecule has 0 bridgehead atoms. The van der Waals surface area contributed by atoms with Crippen LogP contribution in [0.5, 0.6) is 0 Å². The molecule has 1 unspecified atom stereocenters. The Morgan fingerprint density at radius 1 is 1.24 bits per heavy atom. The molecule has 1 heterocycles. The molecule has 1 aromatic carbocycles. The summed E-state index contributed by atoms with van der Waals surface area (Å²) in [5, 5.41) is 3.64. The van der Waals surface area contributed by atoms with Crippen molar-refractivity contribution in [2.75, 3.05) is 6.54 Å². The molecule has 21 heavy (non-hydrogen) atoms. The minimum absolute atomic E-state index is 0.320. The Balaban J connectivity index is 2.21. The average Bonchev–Trinajstić information content (AvgIpc) is 2.78. The zero-order chi connectivity index (χ0) is 15.4. The maximum Gasteiger partial charge on any atom is 0.107 e. The summed E-state index contributed by atoms with van der Waals surface area (Å²) in [4.78, 5) is 1.29. The molecule has 0 aliphatic carbocycles. The predicted molar refractivity (Wildman–Crippen MR) is 97.7 cm³/mol. The summed E-state index contributed by atoms with van der Waals surface area (Å²) in [6.07, 6.45) is 2.12. The van der Waals surface area contributed by atoms with Gasteiger partial charge in [0, 0.05) is 15.4 Å². The van der Waals surface area contributed by atoms with Gasteiger partial charge in [-0.3, -0.25) is 0 Å². The van der Waals surface area contributed by atoms with Gasteiger partial charge < -0.3 is 5.32 Å². The van der Waals surface area contributed by atoms with E-state index in [1.54, 1.807) is 11.3 Å². The van der Waals surface area contributed by atoms with E-state index in [1.807, 2.05) is 0 Å². The van der Waals surface area contributed by atoms with Crippen molar-refractivity contribution in [1.29, 1.82) is 0 Å². The monoisotopic (exact) mass is 385 g/mol. The van der Waals surface area contributed by atoms with Crippen LogP contribution in [-0.2, 0) is 6.42 Å². The summed E-state index contributed by atoms with van der Waals surface area (Å²) >= 11 is 11.4. The van der Waals surface area contributed by atoms with Crippen molar-refractivity contribution >= 4 is 38.9 Å². The van der Waals surface area contributed by atoms with Crippen LogP contribution in [0.15, 0.2) is 28.7 Å². The van der Waals surface area contributed by atoms with Gasteiger partial charge in [0.15, 0.2) is 0 Å². The summed E-state index contributed by atoms with van der Waals surface area (Å²) < 4.78 is 1.82. The van der Waals surface area contributed by atoms with E-state index < -0.39 is 0 Å². The van der Waals surface area contributed by atoms with Crippen LogP contribution in [0, 0.1) is 13.8 Å². The van der Waals surface area contributed by atoms with Crippen LogP contribution in [0.25, 0.3) is 0 Å². The summed E-state index contributed by atoms with van der Waals surface area (Å²) in [7, 11) is 0. The molecule has 0 aliphatic rings. The SMILES string of the molecule is CCCNC(Cc1ccc(C)c(C)c1)c1cc(Br)c(Cl)s1. The van der Waals surface area contributed by atoms with Crippen molar-refractivity contribution in [1.82, 2.24) is 5.32 Å². The Kier molecular flexibility index (Phi) is 6.30. The first-order chi connectivity index (χ1) is 10.0. The molecule has 0 aliphatic heterocycles. The first kappa shape index (κ1) is 17.0. The molecule has 1 nitrogen and oxygen atoms in total. The third-order valence-electron chi connectivity index (χ3n) is 3.66. The third-order valence-corrected chi connectivity index (χ3v) is 6.25. The van der Waals surface area contributed by atoms with Crippen molar-refractivity contribution in [3.63, 3.8) is 0 Å². The van der Waals surface area contributed by atoms with Gasteiger partial charge in [0.2, 0.25) is 0 Å². The van der Waals surface area contributed by atoms with Crippen LogP contribution < -0.4 is 5.32 Å². The molecule has 1 N–H and O–H groups in total. The minimum atomic E-state index is 0.320. The minimum Gasteiger partial charge on any atom is -0.309 e. The normalized spacial score (nSPS) is 12.6. The fraction of sp³-hybridized carbons (Fsp3) is 0.412. The molecule has 0 saturated heterocycles. The number of nitrogens with one attached hydrogen (secondary N) is 1. The zero-order valence-corrected chi connectivity index (χ0v) is 15.8. The first-order valence-corrected chi connectivity index (χ1v) is 9.24. The number of thiophene rings is 1. The molecular formula is C17H21BrClNS. The van der Waals surface area contributed by atoms with Gasteiger partial charge >= 0.3 is 0 Å². The molecule has 0 spiro atoms. The van der Waals surface area contributed by atoms with Gasteiger partial charge in [-0.1, -0.05) is 36.7 Å². The molecule has 4 heteroatoms. The van der Waals surface area contributed by atoms with Gasteiger partial charge in [0.1, 0.15) is 4.34 Å². The van der Waals surface area contributed by atoms with E-state index in [9.17, 15) is 0 Å². The lowest BCUT2D eigenvalue weighted by atomic mass is 10.00. The zero-order valence-electron chi connectivity index (χ0n) is 12.7. The molecule has 0 fully saturated rings. The molecular weight excluding hydrogens is 366 g/mol. The Hall–Kier alpha value is -0.350. The van der Waals surface area contributed by atoms with E-state index in [2.05, 4.69) is 66.3 Å². The van der Waals surface area contributed by atoms with E-state index in [4.69, 9.17) is 11.6 Å². The number of halogens is 2. The average molecular weight is 387 g/mol. The highest BCUT2D eigenvalue weighted by Gasteiger charge is 2.16. The van der Waals surface area contributed by atoms with Gasteiger partial charge in [0.05, 0.1) is 0 Å². The largest absolute Gasteiger partial charge is 0.309 e. The van der Waals surface area contributed by atoms with E-state index in [0.717, 1.165) is 28.2 Å². The standard InChI is InChI=1S/C17H21BrClNS/c1-4-7-20-15(16-10-14(18)17(19)21-16)9-13-6-5-11(2)12(3)8-13/h5-6,8,10,15,20H,4,7,9H2,1-3H3. The topological polar surface area (TPSA) is 12.0 Å². The number of hydrogen-bond donors (Lipinski definition) is 1. The van der Waals surface area contributed by atoms with E-state index in [0.29, 0.717) is 6.04 Å². The second-order valence-electron chi connectivity index (χ2n) is 5.40. The predicted octanol–water partition coefficient (Wildman–Crippen LogP) is 6.06. The second kappa shape index (κ2) is 7.77. The fourth-order valence-electron chi connectivity index (χ4n) is 2.29. The molecule has 114 valence electrons. The first-order valence-electron chi connectivity index (χ1n) is 7.25. The maximum atomic E-state index is 6.20. The van der Waals surface area contributed by atoms with Crippen molar-refractivity contribution < 1.29 is 0 Å². The summed E-state index contributed by atoms with van der Waals surface area (Å²) in [6, 6.07) is 9.19. The Labute approximate surface area is 144 Å². The molecule has 1 atom stereocenters. The number of hydrogen-bond acceptors (Lipinski definition) is 2. The van der Waals surface area contributed by atoms with Gasteiger partial charge in [-0.05, 0) is 71.9 Å². The lowest BCUT2D eigenvalue weighted by Crippen LogP contribution is -2.23. The van der Waals surface area contributed by atoms with Crippen LogP contribution >= 0.6 is 38.9 Å². The van der Waals surface area contributed by atoms with Crippen LogP contribution in [0.4, 0.5) is 0 Å². The molecule has 2 rings (SSSR count). The molecule has 0 saturated carbocycles. The quantitative estimate of drug-likeness (QED) is 0.636. The lowest BCUT2D eigenvalue weighted by Gasteiger charge is -2.18. The highest BCUT2D eigenvalue weighted by molar-refractivity contribution is 9.10. The lowest BCUT2D eigenvalue weighted by molar-refractivity contribution is 0.536. The van der Waals surface area contributed by atoms with Gasteiger partial charge in [-0.2, -0.15) is 0 Å². The van der Waals surface area contributed by atoms with E-state index >= 15 is 0 Å². The van der Waals surface area contributed by atoms with Crippen LogP contribution in [0.3, 0.4) is 0 Å². The molecule has 0 radical (unpaired) electrons. The van der Waals surface area contributed by atoms with Gasteiger partial charge in [-0.15, -0.1) is 11.3 Å². The van der Waals surface area contributed by atoms with Crippen LogP contribution in [0.1, 0.15) is 41.0 Å². The Bertz CT molecular complexity index is 589. The second-order valence-corrected chi connectivity index (χ2v) is 7.94. The van der Waals surface area contributed by atoms with Gasteiger partial charge in [-0.25, -0.2) is 0 Å². The smallest absolute Gasteiger partial charge is 0.107 e. The van der Waals surface area contributed by atoms with Gasteiger partial charge in [0.25, 0.3) is 0 Å². The summed E-state index contributed by atoms with van der Waals surface area (Å²) in [5.74, 6) is 0. The molecule has 1 aromatic heterocycles. The highest BCUT2D eigenvalue weighted by Crippen LogP contribution is 2.36. The highest BCUT2D eigenvalue weighted by atomic mass is 79.9. The van der Waals surface area contributed by atoms with Crippen molar-refractivity contribution in [2.24, 2.45) is 0 Å². The summed E-state index contributed by atoms with van der Waals surface area (Å²) in [5.41, 5.74) is 4.07. The van der Waals surface area contributed by atoms with Crippen molar-refractivity contribution in [3.8, 4) is 0 Å². The van der Waals surface area contributed by atoms with Crippen molar-refractivity contribution in [2.45, 2.75) is 39.7 Å². The Morgan fingerprint density at radius 2 is 2.00 bits per heavy atom. The van der Waals surface area contributed by atoms with Crippen LogP contribution in [-0.4, -0.2) is 6.54 Å². The number of benzene rings is 1.